The summed E-state index contributed by atoms with van der Waals surface area (Å²) in [6.45, 7) is 1.13. The molecule has 0 unspecified atom stereocenters. The summed E-state index contributed by atoms with van der Waals surface area (Å²) >= 11 is 0. The third kappa shape index (κ3) is 3.68. The molecule has 8 nitrogen and oxygen atoms in total. The molecule has 1 fully saturated rings. The number of piperidine rings is 1. The van der Waals surface area contributed by atoms with Gasteiger partial charge in [0, 0.05) is 18.7 Å². The highest BCUT2D eigenvalue weighted by atomic mass is 32.2. The Kier molecular flexibility index (Phi) is 4.94. The van der Waals surface area contributed by atoms with Crippen molar-refractivity contribution in [1.29, 1.82) is 0 Å². The normalized spacial score (nSPS) is 24.6. The second-order valence-corrected chi connectivity index (χ2v) is 9.96. The minimum Gasteiger partial charge on any atom is -0.368 e. The van der Waals surface area contributed by atoms with Crippen LogP contribution in [0.1, 0.15) is 41.2 Å². The second-order valence-electron chi connectivity index (χ2n) is 8.28. The Balaban J connectivity index is 1.21. The van der Waals surface area contributed by atoms with Crippen LogP contribution in [0.5, 0.6) is 0 Å². The van der Waals surface area contributed by atoms with E-state index in [0.29, 0.717) is 37.2 Å². The van der Waals surface area contributed by atoms with Crippen molar-refractivity contribution in [3.8, 4) is 0 Å². The molecular weight excluding hydrogens is 416 g/mol. The van der Waals surface area contributed by atoms with Gasteiger partial charge in [-0.05, 0) is 42.5 Å². The van der Waals surface area contributed by atoms with Crippen LogP contribution < -0.4 is 15.4 Å². The average Bonchev–Trinajstić information content (AvgIpc) is 3.09. The number of carbonyl (C=O) groups is 2. The second kappa shape index (κ2) is 7.65. The molecule has 0 radical (unpaired) electrons. The molecule has 31 heavy (non-hydrogen) atoms. The molecule has 9 heteroatoms. The molecule has 2 aromatic carbocycles. The van der Waals surface area contributed by atoms with Gasteiger partial charge < -0.3 is 15.5 Å². The van der Waals surface area contributed by atoms with Gasteiger partial charge in [0.1, 0.15) is 4.90 Å². The van der Waals surface area contributed by atoms with E-state index in [4.69, 9.17) is 0 Å². The predicted octanol–water partition coefficient (Wildman–Crippen LogP) is 1.83. The Morgan fingerprint density at radius 1 is 1.00 bits per heavy atom. The highest BCUT2D eigenvalue weighted by Gasteiger charge is 2.37. The Morgan fingerprint density at radius 2 is 1.71 bits per heavy atom. The number of carbonyl (C=O) groups excluding carboxylic acids is 2. The summed E-state index contributed by atoms with van der Waals surface area (Å²) in [5, 5.41) is 6.19. The van der Waals surface area contributed by atoms with Crippen molar-refractivity contribution in [2.45, 2.75) is 36.4 Å². The van der Waals surface area contributed by atoms with E-state index in [1.807, 2.05) is 29.2 Å². The monoisotopic (exact) mass is 440 g/mol. The van der Waals surface area contributed by atoms with E-state index in [2.05, 4.69) is 15.4 Å². The molecular formula is C22H24N4O4S. The first kappa shape index (κ1) is 20.0. The van der Waals surface area contributed by atoms with Crippen molar-refractivity contribution >= 4 is 27.5 Å². The zero-order valence-corrected chi connectivity index (χ0v) is 17.7. The quantitative estimate of drug-likeness (QED) is 0.675. The van der Waals surface area contributed by atoms with E-state index < -0.39 is 16.2 Å². The van der Waals surface area contributed by atoms with Gasteiger partial charge in [0.05, 0.1) is 24.3 Å². The number of nitrogens with one attached hydrogen (secondary N) is 3. The maximum atomic E-state index is 12.9. The lowest BCUT2D eigenvalue weighted by atomic mass is 9.93. The zero-order valence-electron chi connectivity index (χ0n) is 16.9. The lowest BCUT2D eigenvalue weighted by Gasteiger charge is -2.39. The van der Waals surface area contributed by atoms with Crippen LogP contribution in [0.15, 0.2) is 53.4 Å². The zero-order chi connectivity index (χ0) is 21.6. The molecule has 0 aliphatic carbocycles. The summed E-state index contributed by atoms with van der Waals surface area (Å²) in [6, 6.07) is 13.9. The molecule has 2 amide bonds. The summed E-state index contributed by atoms with van der Waals surface area (Å²) in [5.41, 5.74) is 2.12. The van der Waals surface area contributed by atoms with Crippen LogP contribution in [0.4, 0.5) is 5.69 Å². The first-order valence-corrected chi connectivity index (χ1v) is 12.0. The van der Waals surface area contributed by atoms with Crippen molar-refractivity contribution in [3.05, 3.63) is 59.7 Å². The highest BCUT2D eigenvalue weighted by molar-refractivity contribution is 7.89. The topological polar surface area (TPSA) is 108 Å². The van der Waals surface area contributed by atoms with E-state index in [1.165, 1.54) is 0 Å². The molecule has 0 aromatic heterocycles. The van der Waals surface area contributed by atoms with Gasteiger partial charge in [-0.2, -0.15) is 4.72 Å². The van der Waals surface area contributed by atoms with Crippen LogP contribution in [0, 0.1) is 5.92 Å². The Labute approximate surface area is 181 Å². The van der Waals surface area contributed by atoms with Crippen LogP contribution in [-0.2, 0) is 14.8 Å². The molecule has 3 heterocycles. The SMILES string of the molecule is O=C1N[C@@H](CC(=O)N2CCC([C@@H]3Nc4ccccc4S(=O)(=O)N3)CC2)c2ccccc21. The predicted molar refractivity (Wildman–Crippen MR) is 115 cm³/mol. The number of rotatable bonds is 3. The van der Waals surface area contributed by atoms with Crippen LogP contribution in [0.2, 0.25) is 0 Å². The number of fused-ring (bicyclic) bond motifs is 2. The highest BCUT2D eigenvalue weighted by Crippen LogP contribution is 2.32. The van der Waals surface area contributed by atoms with Crippen molar-refractivity contribution in [1.82, 2.24) is 14.9 Å². The van der Waals surface area contributed by atoms with Crippen molar-refractivity contribution in [3.63, 3.8) is 0 Å². The van der Waals surface area contributed by atoms with E-state index in [-0.39, 0.29) is 35.1 Å². The number of anilines is 1. The van der Waals surface area contributed by atoms with Gasteiger partial charge in [0.15, 0.2) is 0 Å². The average molecular weight is 441 g/mol. The smallest absolute Gasteiger partial charge is 0.252 e. The van der Waals surface area contributed by atoms with E-state index >= 15 is 0 Å². The number of benzene rings is 2. The van der Waals surface area contributed by atoms with Gasteiger partial charge in [-0.15, -0.1) is 0 Å². The van der Waals surface area contributed by atoms with Gasteiger partial charge in [-0.25, -0.2) is 8.42 Å². The first-order valence-electron chi connectivity index (χ1n) is 10.5. The van der Waals surface area contributed by atoms with Crippen LogP contribution in [0.25, 0.3) is 0 Å². The van der Waals surface area contributed by atoms with E-state index in [9.17, 15) is 18.0 Å². The van der Waals surface area contributed by atoms with Crippen LogP contribution >= 0.6 is 0 Å². The molecule has 2 aromatic rings. The fraction of sp³-hybridized carbons (Fsp3) is 0.364. The fourth-order valence-corrected chi connectivity index (χ4v) is 6.12. The lowest BCUT2D eigenvalue weighted by Crippen LogP contribution is -2.52. The van der Waals surface area contributed by atoms with Crippen LogP contribution in [0.3, 0.4) is 0 Å². The van der Waals surface area contributed by atoms with Gasteiger partial charge in [-0.3, -0.25) is 9.59 Å². The summed E-state index contributed by atoms with van der Waals surface area (Å²) in [4.78, 5) is 27.0. The Bertz CT molecular complexity index is 1140. The summed E-state index contributed by atoms with van der Waals surface area (Å²) < 4.78 is 27.9. The lowest BCUT2D eigenvalue weighted by molar-refractivity contribution is -0.133. The summed E-state index contributed by atoms with van der Waals surface area (Å²) in [5.74, 6) is -0.0508. The van der Waals surface area contributed by atoms with Crippen molar-refractivity contribution in [2.75, 3.05) is 18.4 Å². The minimum absolute atomic E-state index is 0.00276. The number of likely N-dealkylation sites (tertiary alicyclic amines) is 1. The summed E-state index contributed by atoms with van der Waals surface area (Å²) in [6.07, 6.45) is 1.23. The molecule has 0 spiro atoms. The molecule has 2 atom stereocenters. The Morgan fingerprint density at radius 3 is 2.52 bits per heavy atom. The molecule has 0 saturated carbocycles. The third-order valence-electron chi connectivity index (χ3n) is 6.40. The number of amides is 2. The maximum Gasteiger partial charge on any atom is 0.252 e. The summed E-state index contributed by atoms with van der Waals surface area (Å²) in [7, 11) is -3.55. The number of sulfonamides is 1. The fourth-order valence-electron chi connectivity index (χ4n) is 4.73. The molecule has 1 saturated heterocycles. The Hall–Kier alpha value is -2.91. The largest absolute Gasteiger partial charge is 0.368 e. The molecule has 3 aliphatic rings. The van der Waals surface area contributed by atoms with Crippen molar-refractivity contribution < 1.29 is 18.0 Å². The van der Waals surface area contributed by atoms with Gasteiger partial charge in [0.2, 0.25) is 15.9 Å². The standard InChI is InChI=1S/C22H24N4O4S/c27-20(13-18-15-5-1-2-6-16(15)22(28)24-18)26-11-9-14(10-12-26)21-23-17-7-3-4-8-19(17)31(29,30)25-21/h1-8,14,18,21,23,25H,9-13H2,(H,24,28)/t18-,21+/m0/s1. The van der Waals surface area contributed by atoms with Crippen molar-refractivity contribution in [2.24, 2.45) is 5.92 Å². The van der Waals surface area contributed by atoms with Gasteiger partial charge >= 0.3 is 0 Å². The number of hydrogen-bond acceptors (Lipinski definition) is 5. The number of para-hydroxylation sites is 1. The van der Waals surface area contributed by atoms with E-state index in [1.54, 1.807) is 24.3 Å². The van der Waals surface area contributed by atoms with Gasteiger partial charge in [0.25, 0.3) is 5.91 Å². The molecule has 5 rings (SSSR count). The minimum atomic E-state index is -3.55. The molecule has 0 bridgehead atoms. The van der Waals surface area contributed by atoms with Crippen LogP contribution in [-0.4, -0.2) is 44.4 Å². The number of nitrogens with zero attached hydrogens (tertiary/aromatic N) is 1. The first-order chi connectivity index (χ1) is 14.9. The maximum absolute atomic E-state index is 12.9. The number of hydrogen-bond donors (Lipinski definition) is 3. The third-order valence-corrected chi connectivity index (χ3v) is 7.90. The molecule has 162 valence electrons. The van der Waals surface area contributed by atoms with Gasteiger partial charge in [-0.1, -0.05) is 30.3 Å². The molecule has 3 aliphatic heterocycles. The van der Waals surface area contributed by atoms with E-state index in [0.717, 1.165) is 5.56 Å². The molecule has 3 N–H and O–H groups in total.